The Hall–Kier alpha value is -3.35. The highest BCUT2D eigenvalue weighted by Crippen LogP contribution is 2.28. The Morgan fingerprint density at radius 3 is 2.48 bits per heavy atom. The molecule has 1 N–H and O–H groups in total. The van der Waals surface area contributed by atoms with Crippen LogP contribution in [0.1, 0.15) is 11.1 Å². The van der Waals surface area contributed by atoms with Crippen molar-refractivity contribution >= 4 is 5.69 Å². The van der Waals surface area contributed by atoms with Crippen molar-refractivity contribution in [1.82, 2.24) is 19.7 Å². The predicted octanol–water partition coefficient (Wildman–Crippen LogP) is 2.54. The highest BCUT2D eigenvalue weighted by Gasteiger charge is 2.35. The fourth-order valence-electron chi connectivity index (χ4n) is 3.46. The average molecular weight is 426 g/mol. The minimum atomic E-state index is -1.77. The van der Waals surface area contributed by atoms with Gasteiger partial charge in [0, 0.05) is 44.5 Å². The van der Waals surface area contributed by atoms with Crippen LogP contribution in [0.2, 0.25) is 0 Å². The number of nitriles is 1. The first-order valence-electron chi connectivity index (χ1n) is 9.66. The van der Waals surface area contributed by atoms with Gasteiger partial charge in [-0.1, -0.05) is 18.2 Å². The van der Waals surface area contributed by atoms with Gasteiger partial charge in [-0.15, -0.1) is 0 Å². The molecule has 1 aromatic heterocycles. The normalized spacial score (nSPS) is 13.1. The van der Waals surface area contributed by atoms with Crippen LogP contribution < -0.4 is 4.90 Å². The van der Waals surface area contributed by atoms with E-state index in [2.05, 4.69) is 16.2 Å². The monoisotopic (exact) mass is 426 g/mol. The molecule has 0 bridgehead atoms. The topological polar surface area (TPSA) is 81.2 Å². The van der Waals surface area contributed by atoms with Crippen LogP contribution >= 0.6 is 0 Å². The molecule has 9 heteroatoms. The molecule has 31 heavy (non-hydrogen) atoms. The van der Waals surface area contributed by atoms with Crippen molar-refractivity contribution in [3.8, 4) is 6.07 Å². The highest BCUT2D eigenvalue weighted by molar-refractivity contribution is 5.46. The SMILES string of the molecule is CN(C)c1ccc(CN(CC#N)CC(O)(Cn2cncn2)c2ccc(F)cc2F)cc1. The van der Waals surface area contributed by atoms with Crippen LogP contribution in [-0.2, 0) is 18.7 Å². The van der Waals surface area contributed by atoms with E-state index >= 15 is 0 Å². The van der Waals surface area contributed by atoms with Crippen molar-refractivity contribution in [2.24, 2.45) is 0 Å². The summed E-state index contributed by atoms with van der Waals surface area (Å²) < 4.78 is 29.5. The van der Waals surface area contributed by atoms with Crippen LogP contribution in [0.5, 0.6) is 0 Å². The van der Waals surface area contributed by atoms with Crippen molar-refractivity contribution in [3.63, 3.8) is 0 Å². The lowest BCUT2D eigenvalue weighted by Gasteiger charge is -2.34. The second kappa shape index (κ2) is 9.64. The Bertz CT molecular complexity index is 1030. The van der Waals surface area contributed by atoms with Gasteiger partial charge in [0.1, 0.15) is 29.9 Å². The summed E-state index contributed by atoms with van der Waals surface area (Å²) in [6.45, 7) is 0.192. The molecule has 0 spiro atoms. The maximum absolute atomic E-state index is 14.6. The van der Waals surface area contributed by atoms with Gasteiger partial charge in [0.2, 0.25) is 0 Å². The van der Waals surface area contributed by atoms with E-state index in [0.29, 0.717) is 6.54 Å². The van der Waals surface area contributed by atoms with Crippen LogP contribution in [0.15, 0.2) is 55.1 Å². The number of aliphatic hydroxyl groups is 1. The summed E-state index contributed by atoms with van der Waals surface area (Å²) in [5.41, 5.74) is 0.122. The van der Waals surface area contributed by atoms with Gasteiger partial charge in [-0.05, 0) is 23.8 Å². The van der Waals surface area contributed by atoms with Crippen molar-refractivity contribution < 1.29 is 13.9 Å². The number of aromatic nitrogens is 3. The van der Waals surface area contributed by atoms with Crippen LogP contribution in [-0.4, -0.2) is 52.0 Å². The fraction of sp³-hybridized carbons (Fsp3) is 0.318. The Labute approximate surface area is 179 Å². The summed E-state index contributed by atoms with van der Waals surface area (Å²) in [6, 6.07) is 12.9. The number of rotatable bonds is 9. The van der Waals surface area contributed by atoms with Gasteiger partial charge in [-0.2, -0.15) is 10.4 Å². The van der Waals surface area contributed by atoms with Gasteiger partial charge in [-0.25, -0.2) is 18.4 Å². The molecule has 3 rings (SSSR count). The lowest BCUT2D eigenvalue weighted by molar-refractivity contribution is -0.0206. The third kappa shape index (κ3) is 5.63. The number of nitrogens with zero attached hydrogens (tertiary/aromatic N) is 6. The Kier molecular flexibility index (Phi) is 6.95. The van der Waals surface area contributed by atoms with E-state index in [4.69, 9.17) is 0 Å². The highest BCUT2D eigenvalue weighted by atomic mass is 19.1. The summed E-state index contributed by atoms with van der Waals surface area (Å²) in [7, 11) is 3.89. The smallest absolute Gasteiger partial charge is 0.137 e. The van der Waals surface area contributed by atoms with Crippen LogP contribution in [0, 0.1) is 23.0 Å². The molecule has 0 aliphatic rings. The molecule has 0 amide bonds. The molecule has 0 radical (unpaired) electrons. The van der Waals surface area contributed by atoms with E-state index in [9.17, 15) is 19.1 Å². The minimum Gasteiger partial charge on any atom is -0.382 e. The molecule has 162 valence electrons. The van der Waals surface area contributed by atoms with E-state index < -0.39 is 17.2 Å². The van der Waals surface area contributed by atoms with E-state index in [1.54, 1.807) is 4.90 Å². The molecule has 0 fully saturated rings. The van der Waals surface area contributed by atoms with Gasteiger partial charge < -0.3 is 10.0 Å². The van der Waals surface area contributed by atoms with E-state index in [1.165, 1.54) is 23.4 Å². The van der Waals surface area contributed by atoms with Crippen molar-refractivity contribution in [2.75, 3.05) is 32.1 Å². The maximum atomic E-state index is 14.6. The molecule has 1 heterocycles. The molecule has 1 unspecified atom stereocenters. The molecule has 0 saturated heterocycles. The summed E-state index contributed by atoms with van der Waals surface area (Å²) in [5.74, 6) is -1.60. The first kappa shape index (κ1) is 22.3. The van der Waals surface area contributed by atoms with E-state index in [1.807, 2.05) is 43.3 Å². The van der Waals surface area contributed by atoms with Gasteiger partial charge in [-0.3, -0.25) is 4.90 Å². The second-order valence-electron chi connectivity index (χ2n) is 7.61. The molecule has 2 aromatic carbocycles. The van der Waals surface area contributed by atoms with Gasteiger partial charge in [0.05, 0.1) is 19.2 Å². The summed E-state index contributed by atoms with van der Waals surface area (Å²) in [4.78, 5) is 7.55. The second-order valence-corrected chi connectivity index (χ2v) is 7.61. The minimum absolute atomic E-state index is 0.0118. The van der Waals surface area contributed by atoms with Crippen LogP contribution in [0.3, 0.4) is 0 Å². The molecule has 3 aromatic rings. The predicted molar refractivity (Wildman–Crippen MR) is 112 cm³/mol. The standard InChI is InChI=1S/C22H24F2N6O/c1-28(2)19-6-3-17(4-7-19)12-29(10-9-25)13-22(31,14-30-16-26-15-27-30)20-8-5-18(23)11-21(20)24/h3-8,11,15-16,31H,10,12-14H2,1-2H3. The first-order chi connectivity index (χ1) is 14.8. The van der Waals surface area contributed by atoms with E-state index in [-0.39, 0.29) is 25.2 Å². The zero-order chi connectivity index (χ0) is 22.4. The number of halogens is 2. The molecule has 7 nitrogen and oxygen atoms in total. The third-order valence-electron chi connectivity index (χ3n) is 4.96. The fourth-order valence-corrected chi connectivity index (χ4v) is 3.46. The molecule has 0 aliphatic heterocycles. The van der Waals surface area contributed by atoms with E-state index in [0.717, 1.165) is 23.4 Å². The maximum Gasteiger partial charge on any atom is 0.137 e. The molecular weight excluding hydrogens is 402 g/mol. The first-order valence-corrected chi connectivity index (χ1v) is 9.66. The molecule has 1 atom stereocenters. The Balaban J connectivity index is 1.90. The number of hydrogen-bond donors (Lipinski definition) is 1. The zero-order valence-corrected chi connectivity index (χ0v) is 17.4. The van der Waals surface area contributed by atoms with Crippen LogP contribution in [0.25, 0.3) is 0 Å². The summed E-state index contributed by atoms with van der Waals surface area (Å²) in [5, 5.41) is 24.8. The quantitative estimate of drug-likeness (QED) is 0.530. The summed E-state index contributed by atoms with van der Waals surface area (Å²) >= 11 is 0. The van der Waals surface area contributed by atoms with Gasteiger partial charge in [0.25, 0.3) is 0 Å². The average Bonchev–Trinajstić information content (AvgIpc) is 3.21. The zero-order valence-electron chi connectivity index (χ0n) is 17.4. The van der Waals surface area contributed by atoms with Gasteiger partial charge in [0.15, 0.2) is 0 Å². The Morgan fingerprint density at radius 2 is 1.90 bits per heavy atom. The van der Waals surface area contributed by atoms with Gasteiger partial charge >= 0.3 is 0 Å². The van der Waals surface area contributed by atoms with Crippen LogP contribution in [0.4, 0.5) is 14.5 Å². The van der Waals surface area contributed by atoms with Crippen molar-refractivity contribution in [1.29, 1.82) is 5.26 Å². The summed E-state index contributed by atoms with van der Waals surface area (Å²) in [6.07, 6.45) is 2.71. The molecule has 0 aliphatic carbocycles. The number of anilines is 1. The van der Waals surface area contributed by atoms with Crippen molar-refractivity contribution in [2.45, 2.75) is 18.7 Å². The molecule has 0 saturated carbocycles. The molecular formula is C22H24F2N6O. The largest absolute Gasteiger partial charge is 0.382 e. The number of hydrogen-bond acceptors (Lipinski definition) is 6. The van der Waals surface area contributed by atoms with Crippen molar-refractivity contribution in [3.05, 3.63) is 77.9 Å². The third-order valence-corrected chi connectivity index (χ3v) is 4.96. The lowest BCUT2D eigenvalue weighted by atomic mass is 9.92. The lowest BCUT2D eigenvalue weighted by Crippen LogP contribution is -2.44. The number of benzene rings is 2. The Morgan fingerprint density at radius 1 is 1.16 bits per heavy atom.